The van der Waals surface area contributed by atoms with Gasteiger partial charge in [-0.3, -0.25) is 4.79 Å². The van der Waals surface area contributed by atoms with Crippen LogP contribution < -0.4 is 10.1 Å². The first kappa shape index (κ1) is 17.0. The molecule has 2 atom stereocenters. The third-order valence-corrected chi connectivity index (χ3v) is 3.53. The van der Waals surface area contributed by atoms with Crippen molar-refractivity contribution in [2.45, 2.75) is 32.5 Å². The molecule has 0 fully saturated rings. The predicted octanol–water partition coefficient (Wildman–Crippen LogP) is 2.72. The highest BCUT2D eigenvalue weighted by molar-refractivity contribution is 5.94. The normalized spacial score (nSPS) is 13.2. The summed E-state index contributed by atoms with van der Waals surface area (Å²) in [7, 11) is 0. The minimum Gasteiger partial charge on any atom is -0.475 e. The van der Waals surface area contributed by atoms with Crippen LogP contribution in [0.15, 0.2) is 48.7 Å². The molecule has 1 amide bonds. The molecule has 2 rings (SSSR count). The highest BCUT2D eigenvalue weighted by Gasteiger charge is 2.12. The van der Waals surface area contributed by atoms with E-state index in [2.05, 4.69) is 10.3 Å². The van der Waals surface area contributed by atoms with Crippen molar-refractivity contribution in [2.24, 2.45) is 0 Å². The molecule has 2 unspecified atom stereocenters. The second kappa shape index (κ2) is 8.29. The molecule has 0 saturated heterocycles. The largest absolute Gasteiger partial charge is 0.475 e. The molecule has 0 bridgehead atoms. The minimum atomic E-state index is -0.738. The minimum absolute atomic E-state index is 0.0423. The van der Waals surface area contributed by atoms with Crippen molar-refractivity contribution in [1.82, 2.24) is 10.3 Å². The zero-order chi connectivity index (χ0) is 16.7. The van der Waals surface area contributed by atoms with Gasteiger partial charge in [0.1, 0.15) is 0 Å². The number of carbonyl (C=O) groups excluding carboxylic acids is 1. The van der Waals surface area contributed by atoms with Crippen LogP contribution in [0.3, 0.4) is 0 Å². The van der Waals surface area contributed by atoms with E-state index >= 15 is 0 Å². The summed E-state index contributed by atoms with van der Waals surface area (Å²) < 4.78 is 5.61. The molecule has 1 heterocycles. The summed E-state index contributed by atoms with van der Waals surface area (Å²) in [6, 6.07) is 12.4. The van der Waals surface area contributed by atoms with Crippen LogP contribution in [0.5, 0.6) is 5.88 Å². The van der Waals surface area contributed by atoms with Gasteiger partial charge in [-0.2, -0.15) is 0 Å². The third kappa shape index (κ3) is 5.07. The van der Waals surface area contributed by atoms with Gasteiger partial charge in [0.2, 0.25) is 5.88 Å². The quantitative estimate of drug-likeness (QED) is 0.824. The molecular formula is C18H22N2O3. The van der Waals surface area contributed by atoms with Gasteiger partial charge in [0, 0.05) is 24.4 Å². The van der Waals surface area contributed by atoms with Crippen molar-refractivity contribution in [3.8, 4) is 5.88 Å². The number of hydrogen-bond donors (Lipinski definition) is 2. The van der Waals surface area contributed by atoms with Gasteiger partial charge in [-0.25, -0.2) is 4.98 Å². The van der Waals surface area contributed by atoms with Crippen LogP contribution in [0.4, 0.5) is 0 Å². The van der Waals surface area contributed by atoms with Crippen molar-refractivity contribution in [2.75, 3.05) is 6.54 Å². The molecular weight excluding hydrogens is 292 g/mol. The Morgan fingerprint density at radius 1 is 1.30 bits per heavy atom. The number of aromatic nitrogens is 1. The molecule has 2 aromatic rings. The van der Waals surface area contributed by atoms with Crippen molar-refractivity contribution in [3.05, 3.63) is 59.8 Å². The van der Waals surface area contributed by atoms with E-state index in [0.29, 0.717) is 11.4 Å². The van der Waals surface area contributed by atoms with Crippen molar-refractivity contribution < 1.29 is 14.6 Å². The van der Waals surface area contributed by atoms with E-state index in [0.717, 1.165) is 12.0 Å². The Morgan fingerprint density at radius 3 is 2.74 bits per heavy atom. The Bertz CT molecular complexity index is 631. The molecule has 1 aromatic heterocycles. The van der Waals surface area contributed by atoms with Crippen LogP contribution in [0.25, 0.3) is 0 Å². The zero-order valence-electron chi connectivity index (χ0n) is 13.4. The fraction of sp³-hybridized carbons (Fsp3) is 0.333. The first-order chi connectivity index (χ1) is 11.1. The van der Waals surface area contributed by atoms with E-state index in [9.17, 15) is 9.90 Å². The van der Waals surface area contributed by atoms with Gasteiger partial charge < -0.3 is 15.2 Å². The number of nitrogens with one attached hydrogen (secondary N) is 1. The number of carbonyl (C=O) groups is 1. The van der Waals surface area contributed by atoms with Crippen molar-refractivity contribution in [3.63, 3.8) is 0 Å². The summed E-state index contributed by atoms with van der Waals surface area (Å²) >= 11 is 0. The molecule has 23 heavy (non-hydrogen) atoms. The number of pyridine rings is 1. The van der Waals surface area contributed by atoms with Gasteiger partial charge in [0.15, 0.2) is 0 Å². The van der Waals surface area contributed by atoms with Crippen molar-refractivity contribution >= 4 is 5.91 Å². The SMILES string of the molecule is CCC(C)Oc1cc(C(=O)NCC(O)c2ccccc2)ccn1. The van der Waals surface area contributed by atoms with Crippen LogP contribution in [-0.2, 0) is 0 Å². The van der Waals surface area contributed by atoms with E-state index in [1.807, 2.05) is 44.2 Å². The molecule has 5 heteroatoms. The maximum Gasteiger partial charge on any atom is 0.251 e. The summed E-state index contributed by atoms with van der Waals surface area (Å²) in [5, 5.41) is 12.8. The smallest absolute Gasteiger partial charge is 0.251 e. The van der Waals surface area contributed by atoms with Crippen LogP contribution in [-0.4, -0.2) is 28.6 Å². The number of hydrogen-bond acceptors (Lipinski definition) is 4. The Hall–Kier alpha value is -2.40. The number of rotatable bonds is 7. The van der Waals surface area contributed by atoms with Gasteiger partial charge >= 0.3 is 0 Å². The second-order valence-electron chi connectivity index (χ2n) is 5.36. The van der Waals surface area contributed by atoms with Gasteiger partial charge in [0.25, 0.3) is 5.91 Å². The average molecular weight is 314 g/mol. The zero-order valence-corrected chi connectivity index (χ0v) is 13.4. The van der Waals surface area contributed by atoms with Crippen molar-refractivity contribution in [1.29, 1.82) is 0 Å². The highest BCUT2D eigenvalue weighted by Crippen LogP contribution is 2.14. The van der Waals surface area contributed by atoms with E-state index in [1.165, 1.54) is 0 Å². The molecule has 0 spiro atoms. The van der Waals surface area contributed by atoms with Crippen LogP contribution in [0, 0.1) is 0 Å². The Kier molecular flexibility index (Phi) is 6.11. The number of ether oxygens (including phenoxy) is 1. The number of nitrogens with zero attached hydrogens (tertiary/aromatic N) is 1. The maximum atomic E-state index is 12.2. The van der Waals surface area contributed by atoms with Gasteiger partial charge in [0.05, 0.1) is 12.2 Å². The van der Waals surface area contributed by atoms with E-state index < -0.39 is 6.10 Å². The highest BCUT2D eigenvalue weighted by atomic mass is 16.5. The van der Waals surface area contributed by atoms with Gasteiger partial charge in [-0.1, -0.05) is 37.3 Å². The third-order valence-electron chi connectivity index (χ3n) is 3.53. The second-order valence-corrected chi connectivity index (χ2v) is 5.36. The van der Waals surface area contributed by atoms with E-state index in [4.69, 9.17) is 4.74 Å². The lowest BCUT2D eigenvalue weighted by Gasteiger charge is -2.14. The fourth-order valence-corrected chi connectivity index (χ4v) is 1.99. The molecule has 122 valence electrons. The van der Waals surface area contributed by atoms with Crippen LogP contribution in [0.2, 0.25) is 0 Å². The fourth-order valence-electron chi connectivity index (χ4n) is 1.99. The topological polar surface area (TPSA) is 71.5 Å². The molecule has 0 aliphatic heterocycles. The average Bonchev–Trinajstić information content (AvgIpc) is 2.60. The monoisotopic (exact) mass is 314 g/mol. The van der Waals surface area contributed by atoms with Crippen LogP contribution in [0.1, 0.15) is 42.3 Å². The lowest BCUT2D eigenvalue weighted by atomic mass is 10.1. The molecule has 2 N–H and O–H groups in total. The lowest BCUT2D eigenvalue weighted by molar-refractivity contribution is 0.0915. The Balaban J connectivity index is 1.94. The molecule has 5 nitrogen and oxygen atoms in total. The molecule has 0 saturated carbocycles. The van der Waals surface area contributed by atoms with Crippen LogP contribution >= 0.6 is 0 Å². The molecule has 0 aliphatic rings. The summed E-state index contributed by atoms with van der Waals surface area (Å²) in [4.78, 5) is 16.3. The van der Waals surface area contributed by atoms with Gasteiger partial charge in [-0.15, -0.1) is 0 Å². The summed E-state index contributed by atoms with van der Waals surface area (Å²) in [6.07, 6.45) is 1.71. The first-order valence-corrected chi connectivity index (χ1v) is 7.74. The summed E-state index contributed by atoms with van der Waals surface area (Å²) in [5.41, 5.74) is 1.22. The Labute approximate surface area is 136 Å². The van der Waals surface area contributed by atoms with Gasteiger partial charge in [-0.05, 0) is 25.0 Å². The molecule has 0 aliphatic carbocycles. The number of amides is 1. The predicted molar refractivity (Wildman–Crippen MR) is 88.4 cm³/mol. The summed E-state index contributed by atoms with van der Waals surface area (Å²) in [6.45, 7) is 4.11. The maximum absolute atomic E-state index is 12.2. The first-order valence-electron chi connectivity index (χ1n) is 7.74. The summed E-state index contributed by atoms with van der Waals surface area (Å²) in [5.74, 6) is 0.159. The standard InChI is InChI=1S/C18H22N2O3/c1-3-13(2)23-17-11-15(9-10-19-17)18(22)20-12-16(21)14-7-5-4-6-8-14/h4-11,13,16,21H,3,12H2,1-2H3,(H,20,22). The Morgan fingerprint density at radius 2 is 2.04 bits per heavy atom. The van der Waals surface area contributed by atoms with E-state index in [1.54, 1.807) is 18.3 Å². The molecule has 0 radical (unpaired) electrons. The lowest BCUT2D eigenvalue weighted by Crippen LogP contribution is -2.28. The number of aliphatic hydroxyl groups excluding tert-OH is 1. The number of aliphatic hydroxyl groups is 1. The molecule has 1 aromatic carbocycles. The van der Waals surface area contributed by atoms with E-state index in [-0.39, 0.29) is 18.6 Å². The number of benzene rings is 1.